The number of nitrogens with zero attached hydrogens (tertiary/aromatic N) is 2. The van der Waals surface area contributed by atoms with Gasteiger partial charge in [0.25, 0.3) is 11.6 Å². The van der Waals surface area contributed by atoms with Crippen molar-refractivity contribution in [2.45, 2.75) is 0 Å². The molecule has 0 atom stereocenters. The molecule has 0 aliphatic carbocycles. The SMILES string of the molecule is CN(C)c1ccc(NC(=O)COC(=O)c2cc3c(cc2[N+](=O)[O-])OCO3)cc1. The molecule has 1 amide bonds. The van der Waals surface area contributed by atoms with Gasteiger partial charge < -0.3 is 24.4 Å². The van der Waals surface area contributed by atoms with Crippen LogP contribution in [0.2, 0.25) is 0 Å². The second-order valence-electron chi connectivity index (χ2n) is 6.05. The van der Waals surface area contributed by atoms with E-state index < -0.39 is 29.1 Å². The van der Waals surface area contributed by atoms with Crippen LogP contribution < -0.4 is 19.7 Å². The highest BCUT2D eigenvalue weighted by atomic mass is 16.7. The molecule has 0 aromatic heterocycles. The summed E-state index contributed by atoms with van der Waals surface area (Å²) in [5.41, 5.74) is 0.673. The number of ether oxygens (including phenoxy) is 3. The van der Waals surface area contributed by atoms with Crippen LogP contribution in [0, 0.1) is 10.1 Å². The van der Waals surface area contributed by atoms with Gasteiger partial charge in [0, 0.05) is 31.5 Å². The minimum absolute atomic E-state index is 0.0972. The van der Waals surface area contributed by atoms with Gasteiger partial charge in [0.2, 0.25) is 6.79 Å². The van der Waals surface area contributed by atoms with Gasteiger partial charge in [-0.25, -0.2) is 4.79 Å². The van der Waals surface area contributed by atoms with Crippen molar-refractivity contribution in [1.82, 2.24) is 0 Å². The average Bonchev–Trinajstić information content (AvgIpc) is 3.13. The molecule has 0 bridgehead atoms. The second kappa shape index (κ2) is 7.82. The van der Waals surface area contributed by atoms with Gasteiger partial charge >= 0.3 is 5.97 Å². The highest BCUT2D eigenvalue weighted by molar-refractivity contribution is 5.98. The maximum absolute atomic E-state index is 12.2. The fraction of sp³-hybridized carbons (Fsp3) is 0.222. The van der Waals surface area contributed by atoms with E-state index >= 15 is 0 Å². The zero-order valence-corrected chi connectivity index (χ0v) is 15.1. The van der Waals surface area contributed by atoms with Crippen LogP contribution >= 0.6 is 0 Å². The molecule has 146 valence electrons. The van der Waals surface area contributed by atoms with E-state index in [0.29, 0.717) is 5.69 Å². The van der Waals surface area contributed by atoms with Crippen LogP contribution in [0.1, 0.15) is 10.4 Å². The van der Waals surface area contributed by atoms with Crippen molar-refractivity contribution in [3.8, 4) is 11.5 Å². The number of nitrogens with one attached hydrogen (secondary N) is 1. The lowest BCUT2D eigenvalue weighted by molar-refractivity contribution is -0.385. The maximum Gasteiger partial charge on any atom is 0.345 e. The zero-order chi connectivity index (χ0) is 20.3. The smallest absolute Gasteiger partial charge is 0.345 e. The Hall–Kier alpha value is -3.82. The number of nitro benzene ring substituents is 1. The number of esters is 1. The molecular weight excluding hydrogens is 370 g/mol. The van der Waals surface area contributed by atoms with E-state index in [0.717, 1.165) is 11.8 Å². The summed E-state index contributed by atoms with van der Waals surface area (Å²) in [6.07, 6.45) is 0. The number of rotatable bonds is 6. The van der Waals surface area contributed by atoms with E-state index in [9.17, 15) is 19.7 Å². The summed E-state index contributed by atoms with van der Waals surface area (Å²) in [6.45, 7) is -0.695. The highest BCUT2D eigenvalue weighted by Gasteiger charge is 2.28. The van der Waals surface area contributed by atoms with Gasteiger partial charge in [-0.1, -0.05) is 0 Å². The number of hydrogen-bond donors (Lipinski definition) is 1. The predicted molar refractivity (Wildman–Crippen MR) is 98.9 cm³/mol. The van der Waals surface area contributed by atoms with E-state index in [1.54, 1.807) is 12.1 Å². The number of carbonyl (C=O) groups is 2. The van der Waals surface area contributed by atoms with Crippen molar-refractivity contribution in [3.05, 3.63) is 52.1 Å². The maximum atomic E-state index is 12.2. The van der Waals surface area contributed by atoms with Gasteiger partial charge in [-0.15, -0.1) is 0 Å². The van der Waals surface area contributed by atoms with Crippen LogP contribution in [-0.2, 0) is 9.53 Å². The predicted octanol–water partition coefficient (Wildman–Crippen LogP) is 2.18. The molecule has 0 unspecified atom stereocenters. The number of nitro groups is 1. The Kier molecular flexibility index (Phi) is 5.30. The molecule has 2 aromatic rings. The number of fused-ring (bicyclic) bond motifs is 1. The van der Waals surface area contributed by atoms with E-state index in [1.165, 1.54) is 6.07 Å². The topological polar surface area (TPSA) is 120 Å². The van der Waals surface area contributed by atoms with E-state index in [4.69, 9.17) is 14.2 Å². The minimum Gasteiger partial charge on any atom is -0.454 e. The standard InChI is InChI=1S/C18H17N3O7/c1-20(2)12-5-3-11(4-6-12)19-17(22)9-26-18(23)13-7-15-16(28-10-27-15)8-14(13)21(24)25/h3-8H,9-10H2,1-2H3,(H,19,22). The van der Waals surface area contributed by atoms with Crippen LogP contribution in [-0.4, -0.2) is 44.3 Å². The summed E-state index contributed by atoms with van der Waals surface area (Å²) in [7, 11) is 3.78. The van der Waals surface area contributed by atoms with Crippen molar-refractivity contribution >= 4 is 28.9 Å². The van der Waals surface area contributed by atoms with E-state index in [2.05, 4.69) is 5.32 Å². The van der Waals surface area contributed by atoms with Crippen LogP contribution in [0.25, 0.3) is 0 Å². The number of anilines is 2. The second-order valence-corrected chi connectivity index (χ2v) is 6.05. The Morgan fingerprint density at radius 3 is 2.43 bits per heavy atom. The molecule has 1 aliphatic rings. The van der Waals surface area contributed by atoms with Crippen LogP contribution in [0.5, 0.6) is 11.5 Å². The number of amides is 1. The Morgan fingerprint density at radius 1 is 1.18 bits per heavy atom. The molecule has 1 N–H and O–H groups in total. The van der Waals surface area contributed by atoms with Crippen LogP contribution in [0.3, 0.4) is 0 Å². The fourth-order valence-corrected chi connectivity index (χ4v) is 2.49. The Bertz CT molecular complexity index is 926. The Morgan fingerprint density at radius 2 is 1.82 bits per heavy atom. The summed E-state index contributed by atoms with van der Waals surface area (Å²) in [6, 6.07) is 9.30. The van der Waals surface area contributed by atoms with E-state index in [-0.39, 0.29) is 23.9 Å². The molecule has 10 nitrogen and oxygen atoms in total. The van der Waals surface area contributed by atoms with Crippen molar-refractivity contribution in [3.63, 3.8) is 0 Å². The minimum atomic E-state index is -1.01. The quantitative estimate of drug-likeness (QED) is 0.455. The van der Waals surface area contributed by atoms with Gasteiger partial charge in [-0.3, -0.25) is 14.9 Å². The van der Waals surface area contributed by atoms with Crippen molar-refractivity contribution in [1.29, 1.82) is 0 Å². The summed E-state index contributed by atoms with van der Waals surface area (Å²) >= 11 is 0. The first-order chi connectivity index (χ1) is 13.3. The first-order valence-corrected chi connectivity index (χ1v) is 8.17. The molecular formula is C18H17N3O7. The molecule has 1 aliphatic heterocycles. The first kappa shape index (κ1) is 19.0. The molecule has 0 saturated carbocycles. The van der Waals surface area contributed by atoms with Gasteiger partial charge in [-0.2, -0.15) is 0 Å². The number of benzene rings is 2. The van der Waals surface area contributed by atoms with Gasteiger partial charge in [0.05, 0.1) is 11.0 Å². The van der Waals surface area contributed by atoms with Crippen LogP contribution in [0.15, 0.2) is 36.4 Å². The van der Waals surface area contributed by atoms with Crippen molar-refractivity contribution in [2.75, 3.05) is 37.7 Å². The molecule has 10 heteroatoms. The number of carbonyl (C=O) groups excluding carboxylic acids is 2. The fourth-order valence-electron chi connectivity index (χ4n) is 2.49. The molecule has 0 radical (unpaired) electrons. The van der Waals surface area contributed by atoms with Crippen molar-refractivity contribution in [2.24, 2.45) is 0 Å². The first-order valence-electron chi connectivity index (χ1n) is 8.17. The number of hydrogen-bond acceptors (Lipinski definition) is 8. The molecule has 0 spiro atoms. The summed E-state index contributed by atoms with van der Waals surface area (Å²) in [4.78, 5) is 36.6. The molecule has 28 heavy (non-hydrogen) atoms. The normalized spacial score (nSPS) is 11.6. The lowest BCUT2D eigenvalue weighted by Gasteiger charge is -2.13. The van der Waals surface area contributed by atoms with Crippen molar-refractivity contribution < 1.29 is 28.7 Å². The van der Waals surface area contributed by atoms with Gasteiger partial charge in [0.15, 0.2) is 18.1 Å². The van der Waals surface area contributed by atoms with Gasteiger partial charge in [-0.05, 0) is 24.3 Å². The molecule has 2 aromatic carbocycles. The third kappa shape index (κ3) is 4.11. The third-order valence-corrected chi connectivity index (χ3v) is 3.91. The Labute approximate surface area is 159 Å². The monoisotopic (exact) mass is 387 g/mol. The molecule has 3 rings (SSSR count). The zero-order valence-electron chi connectivity index (χ0n) is 15.1. The molecule has 0 fully saturated rings. The summed E-state index contributed by atoms with van der Waals surface area (Å²) in [5, 5.41) is 13.8. The largest absolute Gasteiger partial charge is 0.454 e. The average molecular weight is 387 g/mol. The highest BCUT2D eigenvalue weighted by Crippen LogP contribution is 2.38. The lowest BCUT2D eigenvalue weighted by Crippen LogP contribution is -2.21. The van der Waals surface area contributed by atoms with Crippen LogP contribution in [0.4, 0.5) is 17.1 Å². The van der Waals surface area contributed by atoms with Gasteiger partial charge in [0.1, 0.15) is 5.56 Å². The summed E-state index contributed by atoms with van der Waals surface area (Å²) in [5.74, 6) is -1.22. The lowest BCUT2D eigenvalue weighted by atomic mass is 10.1. The summed E-state index contributed by atoms with van der Waals surface area (Å²) < 4.78 is 15.1. The molecule has 1 heterocycles. The Balaban J connectivity index is 1.64. The third-order valence-electron chi connectivity index (χ3n) is 3.91. The molecule has 0 saturated heterocycles. The van der Waals surface area contributed by atoms with E-state index in [1.807, 2.05) is 31.1 Å².